The van der Waals surface area contributed by atoms with E-state index in [9.17, 15) is 9.59 Å². The number of ether oxygens (including phenoxy) is 1. The van der Waals surface area contributed by atoms with Crippen LogP contribution >= 0.6 is 11.6 Å². The van der Waals surface area contributed by atoms with Gasteiger partial charge in [0.05, 0.1) is 7.11 Å². The van der Waals surface area contributed by atoms with Crippen molar-refractivity contribution in [3.05, 3.63) is 57.6 Å². The number of carbonyl (C=O) groups is 1. The molecule has 28 heavy (non-hydrogen) atoms. The highest BCUT2D eigenvalue weighted by Crippen LogP contribution is 2.33. The number of hydrogen-bond acceptors (Lipinski definition) is 6. The monoisotopic (exact) mass is 402 g/mol. The molecule has 2 aromatic rings. The highest BCUT2D eigenvalue weighted by atomic mass is 35.5. The average molecular weight is 403 g/mol. The van der Waals surface area contributed by atoms with Gasteiger partial charge in [-0.1, -0.05) is 29.8 Å². The van der Waals surface area contributed by atoms with Gasteiger partial charge in [-0.2, -0.15) is 0 Å². The second-order valence-corrected chi connectivity index (χ2v) is 7.57. The van der Waals surface area contributed by atoms with Crippen LogP contribution in [0.5, 0.6) is 0 Å². The number of rotatable bonds is 5. The molecule has 1 aromatic heterocycles. The van der Waals surface area contributed by atoms with Gasteiger partial charge in [-0.05, 0) is 24.5 Å². The van der Waals surface area contributed by atoms with Gasteiger partial charge in [0.2, 0.25) is 0 Å². The lowest BCUT2D eigenvalue weighted by molar-refractivity contribution is -0.147. The zero-order valence-corrected chi connectivity index (χ0v) is 16.5. The summed E-state index contributed by atoms with van der Waals surface area (Å²) in [5, 5.41) is 0.539. The maximum absolute atomic E-state index is 12.7. The first kappa shape index (κ1) is 19.0. The van der Waals surface area contributed by atoms with Gasteiger partial charge < -0.3 is 14.2 Å². The first-order chi connectivity index (χ1) is 13.6. The van der Waals surface area contributed by atoms with E-state index in [4.69, 9.17) is 16.3 Å². The first-order valence-corrected chi connectivity index (χ1v) is 9.86. The SMILES string of the molecule is COC(=O)C(c1ccccc1Cl)N1CCN(c2nccn(C3CC3)c2=O)CC1. The van der Waals surface area contributed by atoms with Crippen LogP contribution in [-0.4, -0.2) is 53.7 Å². The number of carbonyl (C=O) groups excluding carboxylic acids is 1. The van der Waals surface area contributed by atoms with E-state index in [0.717, 1.165) is 18.4 Å². The summed E-state index contributed by atoms with van der Waals surface area (Å²) in [5.41, 5.74) is 0.701. The number of benzene rings is 1. The number of piperazine rings is 1. The van der Waals surface area contributed by atoms with E-state index in [2.05, 4.69) is 4.98 Å². The van der Waals surface area contributed by atoms with Crippen LogP contribution in [0.3, 0.4) is 0 Å². The molecule has 0 bridgehead atoms. The van der Waals surface area contributed by atoms with Gasteiger partial charge >= 0.3 is 5.97 Å². The maximum Gasteiger partial charge on any atom is 0.327 e. The van der Waals surface area contributed by atoms with Gasteiger partial charge in [0.15, 0.2) is 5.82 Å². The fraction of sp³-hybridized carbons (Fsp3) is 0.450. The van der Waals surface area contributed by atoms with Crippen LogP contribution in [0.2, 0.25) is 5.02 Å². The molecular formula is C20H23ClN4O3. The summed E-state index contributed by atoms with van der Waals surface area (Å²) in [6.07, 6.45) is 5.57. The minimum Gasteiger partial charge on any atom is -0.468 e. The number of halogens is 1. The standard InChI is InChI=1S/C20H23ClN4O3/c1-28-20(27)17(15-4-2-3-5-16(15)21)23-10-12-24(13-11-23)18-19(26)25(9-8-22-18)14-6-7-14/h2-5,8-9,14,17H,6-7,10-13H2,1H3. The summed E-state index contributed by atoms with van der Waals surface area (Å²) in [6.45, 7) is 2.42. The lowest BCUT2D eigenvalue weighted by Crippen LogP contribution is -2.51. The molecule has 4 rings (SSSR count). The van der Waals surface area contributed by atoms with E-state index in [1.165, 1.54) is 7.11 Å². The summed E-state index contributed by atoms with van der Waals surface area (Å²) < 4.78 is 6.82. The molecule has 1 aliphatic heterocycles. The largest absolute Gasteiger partial charge is 0.468 e. The Morgan fingerprint density at radius 1 is 1.21 bits per heavy atom. The summed E-state index contributed by atoms with van der Waals surface area (Å²) in [6, 6.07) is 7.08. The number of aromatic nitrogens is 2. The van der Waals surface area contributed by atoms with E-state index < -0.39 is 6.04 Å². The molecule has 0 amide bonds. The minimum absolute atomic E-state index is 0.0333. The van der Waals surface area contributed by atoms with E-state index in [1.54, 1.807) is 23.0 Å². The molecule has 1 aliphatic carbocycles. The Balaban J connectivity index is 1.53. The normalized spacial score (nSPS) is 18.7. The first-order valence-electron chi connectivity index (χ1n) is 9.48. The van der Waals surface area contributed by atoms with Crippen LogP contribution in [0.4, 0.5) is 5.82 Å². The van der Waals surface area contributed by atoms with Crippen LogP contribution in [0.25, 0.3) is 0 Å². The fourth-order valence-corrected chi connectivity index (χ4v) is 3.98. The molecule has 2 heterocycles. The molecule has 8 heteroatoms. The summed E-state index contributed by atoms with van der Waals surface area (Å²) in [5.74, 6) is 0.150. The van der Waals surface area contributed by atoms with Crippen molar-refractivity contribution in [2.75, 3.05) is 38.2 Å². The van der Waals surface area contributed by atoms with Crippen molar-refractivity contribution in [3.63, 3.8) is 0 Å². The van der Waals surface area contributed by atoms with Crippen molar-refractivity contribution in [3.8, 4) is 0 Å². The van der Waals surface area contributed by atoms with Gasteiger partial charge in [-0.3, -0.25) is 9.69 Å². The molecule has 1 atom stereocenters. The average Bonchev–Trinajstić information content (AvgIpc) is 3.55. The van der Waals surface area contributed by atoms with Crippen LogP contribution in [0.1, 0.15) is 30.5 Å². The molecule has 1 aromatic carbocycles. The van der Waals surface area contributed by atoms with E-state index in [-0.39, 0.29) is 11.5 Å². The van der Waals surface area contributed by atoms with Crippen molar-refractivity contribution in [1.82, 2.24) is 14.5 Å². The highest BCUT2D eigenvalue weighted by molar-refractivity contribution is 6.31. The summed E-state index contributed by atoms with van der Waals surface area (Å²) >= 11 is 6.34. The third kappa shape index (κ3) is 3.64. The van der Waals surface area contributed by atoms with Gasteiger partial charge in [-0.15, -0.1) is 0 Å². The maximum atomic E-state index is 12.7. The van der Waals surface area contributed by atoms with Crippen LogP contribution in [-0.2, 0) is 9.53 Å². The van der Waals surface area contributed by atoms with Crippen molar-refractivity contribution in [2.24, 2.45) is 0 Å². The van der Waals surface area contributed by atoms with Crippen molar-refractivity contribution < 1.29 is 9.53 Å². The predicted molar refractivity (Wildman–Crippen MR) is 107 cm³/mol. The number of esters is 1. The van der Waals surface area contributed by atoms with Crippen LogP contribution in [0.15, 0.2) is 41.5 Å². The van der Waals surface area contributed by atoms with Crippen molar-refractivity contribution >= 4 is 23.4 Å². The highest BCUT2D eigenvalue weighted by Gasteiger charge is 2.34. The number of nitrogens with zero attached hydrogens (tertiary/aromatic N) is 4. The third-order valence-electron chi connectivity index (χ3n) is 5.39. The van der Waals surface area contributed by atoms with Gasteiger partial charge in [0.1, 0.15) is 6.04 Å². The number of methoxy groups -OCH3 is 1. The molecule has 1 unspecified atom stereocenters. The van der Waals surface area contributed by atoms with Crippen molar-refractivity contribution in [2.45, 2.75) is 24.9 Å². The molecule has 0 radical (unpaired) electrons. The Morgan fingerprint density at radius 3 is 2.57 bits per heavy atom. The zero-order valence-electron chi connectivity index (χ0n) is 15.8. The van der Waals surface area contributed by atoms with Gasteiger partial charge in [-0.25, -0.2) is 9.78 Å². The van der Waals surface area contributed by atoms with E-state index in [1.807, 2.05) is 28.0 Å². The molecular weight excluding hydrogens is 380 g/mol. The lowest BCUT2D eigenvalue weighted by atomic mass is 10.0. The topological polar surface area (TPSA) is 67.7 Å². The van der Waals surface area contributed by atoms with Crippen molar-refractivity contribution in [1.29, 1.82) is 0 Å². The number of hydrogen-bond donors (Lipinski definition) is 0. The summed E-state index contributed by atoms with van der Waals surface area (Å²) in [4.78, 5) is 33.6. The quantitative estimate of drug-likeness (QED) is 0.715. The molecule has 2 fully saturated rings. The zero-order chi connectivity index (χ0) is 19.7. The van der Waals surface area contributed by atoms with Gasteiger partial charge in [0.25, 0.3) is 5.56 Å². The Hall–Kier alpha value is -2.38. The number of anilines is 1. The molecule has 7 nitrogen and oxygen atoms in total. The fourth-order valence-electron chi connectivity index (χ4n) is 3.74. The predicted octanol–water partition coefficient (Wildman–Crippen LogP) is 2.27. The molecule has 0 spiro atoms. The Morgan fingerprint density at radius 2 is 1.93 bits per heavy atom. The van der Waals surface area contributed by atoms with E-state index in [0.29, 0.717) is 43.1 Å². The Labute approximate surface area is 168 Å². The van der Waals surface area contributed by atoms with Gasteiger partial charge in [0, 0.05) is 49.6 Å². The molecule has 1 saturated heterocycles. The second kappa shape index (κ2) is 7.93. The second-order valence-electron chi connectivity index (χ2n) is 7.16. The van der Waals surface area contributed by atoms with Crippen LogP contribution in [0, 0.1) is 0 Å². The molecule has 148 valence electrons. The minimum atomic E-state index is -0.562. The summed E-state index contributed by atoms with van der Waals surface area (Å²) in [7, 11) is 1.39. The Kier molecular flexibility index (Phi) is 5.37. The molecule has 2 aliphatic rings. The third-order valence-corrected chi connectivity index (χ3v) is 5.74. The Bertz CT molecular complexity index is 920. The molecule has 1 saturated carbocycles. The van der Waals surface area contributed by atoms with Crippen LogP contribution < -0.4 is 10.5 Å². The lowest BCUT2D eigenvalue weighted by Gasteiger charge is -2.38. The molecule has 0 N–H and O–H groups in total. The van der Waals surface area contributed by atoms with E-state index >= 15 is 0 Å². The smallest absolute Gasteiger partial charge is 0.327 e.